The Kier molecular flexibility index (Phi) is 4.41. The van der Waals surface area contributed by atoms with Crippen molar-refractivity contribution in [3.05, 3.63) is 42.2 Å². The van der Waals surface area contributed by atoms with Gasteiger partial charge in [-0.3, -0.25) is 4.68 Å². The molecule has 4 bridgehead atoms. The van der Waals surface area contributed by atoms with Crippen LogP contribution in [0.3, 0.4) is 0 Å². The van der Waals surface area contributed by atoms with Crippen molar-refractivity contribution < 1.29 is 4.79 Å². The Hall–Kier alpha value is -2.30. The van der Waals surface area contributed by atoms with Crippen molar-refractivity contribution in [2.75, 3.05) is 6.54 Å². The first-order valence-corrected chi connectivity index (χ1v) is 10.7. The van der Waals surface area contributed by atoms with Crippen LogP contribution < -0.4 is 10.6 Å². The number of aryl methyl sites for hydroxylation is 1. The molecule has 0 unspecified atom stereocenters. The zero-order valence-electron chi connectivity index (χ0n) is 16.7. The van der Waals surface area contributed by atoms with E-state index >= 15 is 0 Å². The molecule has 4 aliphatic rings. The van der Waals surface area contributed by atoms with E-state index in [1.54, 1.807) is 0 Å². The minimum absolute atomic E-state index is 0.0222. The van der Waals surface area contributed by atoms with Gasteiger partial charge in [0.15, 0.2) is 0 Å². The SMILES string of the molecule is Cn1cc(-c2ccc(CCNC(=O)NC34CC5CC(CC(C5)C3)C4)cc2)cn1. The van der Waals surface area contributed by atoms with E-state index in [9.17, 15) is 4.79 Å². The van der Waals surface area contributed by atoms with Gasteiger partial charge in [-0.05, 0) is 73.8 Å². The molecule has 2 amide bonds. The molecular weight excluding hydrogens is 348 g/mol. The highest BCUT2D eigenvalue weighted by Gasteiger charge is 2.51. The third-order valence-corrected chi connectivity index (χ3v) is 7.11. The van der Waals surface area contributed by atoms with E-state index in [4.69, 9.17) is 0 Å². The number of nitrogens with zero attached hydrogens (tertiary/aromatic N) is 2. The maximum atomic E-state index is 12.5. The van der Waals surface area contributed by atoms with Crippen molar-refractivity contribution in [1.82, 2.24) is 20.4 Å². The fraction of sp³-hybridized carbons (Fsp3) is 0.565. The molecular formula is C23H30N4O. The van der Waals surface area contributed by atoms with Crippen LogP contribution in [-0.4, -0.2) is 27.9 Å². The first-order chi connectivity index (χ1) is 13.6. The largest absolute Gasteiger partial charge is 0.338 e. The number of hydrogen-bond acceptors (Lipinski definition) is 2. The predicted molar refractivity (Wildman–Crippen MR) is 110 cm³/mol. The van der Waals surface area contributed by atoms with Crippen LogP contribution in [0.25, 0.3) is 11.1 Å². The van der Waals surface area contributed by atoms with E-state index in [2.05, 4.69) is 40.0 Å². The van der Waals surface area contributed by atoms with Gasteiger partial charge in [0, 0.05) is 30.9 Å². The summed E-state index contributed by atoms with van der Waals surface area (Å²) in [5.41, 5.74) is 3.62. The third kappa shape index (κ3) is 3.54. The summed E-state index contributed by atoms with van der Waals surface area (Å²) in [6.45, 7) is 0.671. The van der Waals surface area contributed by atoms with Gasteiger partial charge in [0.1, 0.15) is 0 Å². The molecule has 0 aliphatic heterocycles. The van der Waals surface area contributed by atoms with Crippen LogP contribution in [0.4, 0.5) is 4.79 Å². The van der Waals surface area contributed by atoms with E-state index in [0.29, 0.717) is 6.54 Å². The number of hydrogen-bond donors (Lipinski definition) is 2. The summed E-state index contributed by atoms with van der Waals surface area (Å²) >= 11 is 0. The molecule has 1 aromatic carbocycles. The molecule has 28 heavy (non-hydrogen) atoms. The lowest BCUT2D eigenvalue weighted by molar-refractivity contribution is -0.0135. The average molecular weight is 379 g/mol. The summed E-state index contributed by atoms with van der Waals surface area (Å²) < 4.78 is 1.82. The number of amides is 2. The number of rotatable bonds is 5. The molecule has 4 fully saturated rings. The molecule has 5 nitrogen and oxygen atoms in total. The second kappa shape index (κ2) is 6.94. The molecule has 0 atom stereocenters. The van der Waals surface area contributed by atoms with Crippen molar-refractivity contribution in [3.63, 3.8) is 0 Å². The molecule has 1 heterocycles. The second-order valence-electron chi connectivity index (χ2n) is 9.43. The molecule has 0 radical (unpaired) electrons. The fourth-order valence-corrected chi connectivity index (χ4v) is 6.30. The lowest BCUT2D eigenvalue weighted by Gasteiger charge is -2.56. The first-order valence-electron chi connectivity index (χ1n) is 10.7. The number of nitrogens with one attached hydrogen (secondary N) is 2. The minimum atomic E-state index is 0.0222. The topological polar surface area (TPSA) is 59.0 Å². The van der Waals surface area contributed by atoms with Gasteiger partial charge >= 0.3 is 6.03 Å². The van der Waals surface area contributed by atoms with E-state index in [0.717, 1.165) is 29.7 Å². The van der Waals surface area contributed by atoms with Crippen LogP contribution >= 0.6 is 0 Å². The van der Waals surface area contributed by atoms with Gasteiger partial charge in [0.05, 0.1) is 6.20 Å². The van der Waals surface area contributed by atoms with Crippen LogP contribution in [0.5, 0.6) is 0 Å². The number of urea groups is 1. The Morgan fingerprint density at radius 3 is 2.29 bits per heavy atom. The van der Waals surface area contributed by atoms with Crippen molar-refractivity contribution in [3.8, 4) is 11.1 Å². The number of carbonyl (C=O) groups is 1. The Morgan fingerprint density at radius 2 is 1.71 bits per heavy atom. The number of aromatic nitrogens is 2. The third-order valence-electron chi connectivity index (χ3n) is 7.11. The fourth-order valence-electron chi connectivity index (χ4n) is 6.30. The molecule has 6 rings (SSSR count). The van der Waals surface area contributed by atoms with E-state index < -0.39 is 0 Å². The highest BCUT2D eigenvalue weighted by atomic mass is 16.2. The van der Waals surface area contributed by atoms with Gasteiger partial charge in [0.25, 0.3) is 0 Å². The van der Waals surface area contributed by atoms with E-state index in [-0.39, 0.29) is 11.6 Å². The second-order valence-corrected chi connectivity index (χ2v) is 9.43. The predicted octanol–water partition coefficient (Wildman–Crippen LogP) is 3.90. The standard InChI is InChI=1S/C23H30N4O/c1-27-15-21(14-25-27)20-4-2-16(3-5-20)6-7-24-22(28)26-23-11-17-8-18(12-23)10-19(9-17)13-23/h2-5,14-15,17-19H,6-13H2,1H3,(H2,24,26,28). The summed E-state index contributed by atoms with van der Waals surface area (Å²) in [4.78, 5) is 12.5. The summed E-state index contributed by atoms with van der Waals surface area (Å²) in [6.07, 6.45) is 12.5. The number of benzene rings is 1. The quantitative estimate of drug-likeness (QED) is 0.829. The monoisotopic (exact) mass is 378 g/mol. The first kappa shape index (κ1) is 17.8. The molecule has 148 valence electrons. The maximum absolute atomic E-state index is 12.5. The summed E-state index contributed by atoms with van der Waals surface area (Å²) in [7, 11) is 1.93. The Bertz CT molecular complexity index is 818. The van der Waals surface area contributed by atoms with Crippen LogP contribution in [0.1, 0.15) is 44.1 Å². The summed E-state index contributed by atoms with van der Waals surface area (Å²) in [6, 6.07) is 8.56. The van der Waals surface area contributed by atoms with Gasteiger partial charge in [-0.1, -0.05) is 24.3 Å². The van der Waals surface area contributed by atoms with Gasteiger partial charge in [-0.25, -0.2) is 4.79 Å². The van der Waals surface area contributed by atoms with Crippen molar-refractivity contribution in [2.45, 2.75) is 50.5 Å². The van der Waals surface area contributed by atoms with Crippen LogP contribution in [-0.2, 0) is 13.5 Å². The lowest BCUT2D eigenvalue weighted by atomic mass is 9.53. The highest BCUT2D eigenvalue weighted by Crippen LogP contribution is 2.55. The van der Waals surface area contributed by atoms with Crippen molar-refractivity contribution in [2.24, 2.45) is 24.8 Å². The summed E-state index contributed by atoms with van der Waals surface area (Å²) in [5, 5.41) is 10.7. The molecule has 5 heteroatoms. The molecule has 0 spiro atoms. The average Bonchev–Trinajstić information content (AvgIpc) is 3.07. The Labute approximate surface area is 166 Å². The maximum Gasteiger partial charge on any atom is 0.315 e. The zero-order chi connectivity index (χ0) is 19.1. The smallest absolute Gasteiger partial charge is 0.315 e. The van der Waals surface area contributed by atoms with Gasteiger partial charge < -0.3 is 10.6 Å². The van der Waals surface area contributed by atoms with E-state index in [1.807, 2.05) is 24.1 Å². The number of carbonyl (C=O) groups excluding carboxylic acids is 1. The van der Waals surface area contributed by atoms with Crippen molar-refractivity contribution >= 4 is 6.03 Å². The molecule has 2 N–H and O–H groups in total. The Balaban J connectivity index is 1.12. The zero-order valence-corrected chi connectivity index (χ0v) is 16.7. The molecule has 4 saturated carbocycles. The minimum Gasteiger partial charge on any atom is -0.338 e. The van der Waals surface area contributed by atoms with Gasteiger partial charge in [-0.15, -0.1) is 0 Å². The molecule has 1 aromatic heterocycles. The lowest BCUT2D eigenvalue weighted by Crippen LogP contribution is -2.61. The summed E-state index contributed by atoms with van der Waals surface area (Å²) in [5.74, 6) is 2.56. The molecule has 0 saturated heterocycles. The van der Waals surface area contributed by atoms with E-state index in [1.165, 1.54) is 49.7 Å². The highest BCUT2D eigenvalue weighted by molar-refractivity contribution is 5.75. The van der Waals surface area contributed by atoms with Crippen LogP contribution in [0.2, 0.25) is 0 Å². The Morgan fingerprint density at radius 1 is 1.07 bits per heavy atom. The molecule has 2 aromatic rings. The van der Waals surface area contributed by atoms with Gasteiger partial charge in [-0.2, -0.15) is 5.10 Å². The van der Waals surface area contributed by atoms with Crippen LogP contribution in [0, 0.1) is 17.8 Å². The van der Waals surface area contributed by atoms with Crippen LogP contribution in [0.15, 0.2) is 36.7 Å². The molecule has 4 aliphatic carbocycles. The normalized spacial score (nSPS) is 30.4. The van der Waals surface area contributed by atoms with Crippen molar-refractivity contribution in [1.29, 1.82) is 0 Å². The van der Waals surface area contributed by atoms with Gasteiger partial charge in [0.2, 0.25) is 0 Å².